The summed E-state index contributed by atoms with van der Waals surface area (Å²) in [5.41, 5.74) is 1.18. The fourth-order valence-electron chi connectivity index (χ4n) is 1.80. The van der Waals surface area contributed by atoms with E-state index in [4.69, 9.17) is 9.47 Å². The minimum Gasteiger partial charge on any atom is -0.396 e. The molecule has 0 aliphatic carbocycles. The second-order valence-electron chi connectivity index (χ2n) is 4.58. The maximum atomic E-state index is 9.24. The van der Waals surface area contributed by atoms with Crippen LogP contribution in [-0.2, 0) is 16.1 Å². The van der Waals surface area contributed by atoms with Gasteiger partial charge in [-0.2, -0.15) is 0 Å². The Morgan fingerprint density at radius 1 is 1.35 bits per heavy atom. The summed E-state index contributed by atoms with van der Waals surface area (Å²) in [6, 6.07) is 10.1. The Morgan fingerprint density at radius 3 is 2.76 bits per heavy atom. The molecule has 2 unspecified atom stereocenters. The third-order valence-corrected chi connectivity index (χ3v) is 3.02. The monoisotopic (exact) mass is 236 g/mol. The number of aliphatic hydroxyl groups is 1. The zero-order chi connectivity index (χ0) is 11.9. The molecule has 1 aromatic rings. The highest BCUT2D eigenvalue weighted by atomic mass is 16.6. The highest BCUT2D eigenvalue weighted by Gasteiger charge is 2.23. The first-order valence-corrected chi connectivity index (χ1v) is 6.22. The fourth-order valence-corrected chi connectivity index (χ4v) is 1.80. The molecule has 94 valence electrons. The van der Waals surface area contributed by atoms with Gasteiger partial charge in [0.05, 0.1) is 25.9 Å². The van der Waals surface area contributed by atoms with E-state index in [9.17, 15) is 5.11 Å². The molecule has 1 fully saturated rings. The third-order valence-electron chi connectivity index (χ3n) is 3.02. The Morgan fingerprint density at radius 2 is 2.12 bits per heavy atom. The molecule has 1 aromatic carbocycles. The molecule has 1 heterocycles. The molecule has 1 aliphatic rings. The van der Waals surface area contributed by atoms with Gasteiger partial charge < -0.3 is 14.6 Å². The van der Waals surface area contributed by atoms with E-state index in [0.717, 1.165) is 19.4 Å². The molecule has 3 nitrogen and oxygen atoms in total. The van der Waals surface area contributed by atoms with E-state index in [1.807, 2.05) is 30.3 Å². The number of benzene rings is 1. The first kappa shape index (κ1) is 12.6. The normalized spacial score (nSPS) is 20.2. The maximum Gasteiger partial charge on any atom is 0.0810 e. The Labute approximate surface area is 102 Å². The molecular weight excluding hydrogens is 216 g/mol. The Hall–Kier alpha value is -0.900. The van der Waals surface area contributed by atoms with Gasteiger partial charge >= 0.3 is 0 Å². The van der Waals surface area contributed by atoms with Gasteiger partial charge in [0.2, 0.25) is 0 Å². The molecule has 2 atom stereocenters. The van der Waals surface area contributed by atoms with Gasteiger partial charge in [0.25, 0.3) is 0 Å². The van der Waals surface area contributed by atoms with Gasteiger partial charge in [-0.05, 0) is 18.4 Å². The van der Waals surface area contributed by atoms with Crippen molar-refractivity contribution in [3.63, 3.8) is 0 Å². The van der Waals surface area contributed by atoms with Gasteiger partial charge in [-0.3, -0.25) is 0 Å². The Balaban J connectivity index is 1.61. The van der Waals surface area contributed by atoms with Crippen LogP contribution in [0.5, 0.6) is 0 Å². The van der Waals surface area contributed by atoms with Crippen molar-refractivity contribution in [3.05, 3.63) is 35.9 Å². The van der Waals surface area contributed by atoms with Crippen molar-refractivity contribution in [1.82, 2.24) is 0 Å². The van der Waals surface area contributed by atoms with Crippen LogP contribution in [0.4, 0.5) is 0 Å². The van der Waals surface area contributed by atoms with E-state index in [1.165, 1.54) is 5.56 Å². The van der Waals surface area contributed by atoms with E-state index >= 15 is 0 Å². The SMILES string of the molecule is OCC(CCC1CO1)COCc1ccccc1. The number of rotatable bonds is 8. The lowest BCUT2D eigenvalue weighted by Gasteiger charge is -2.13. The molecule has 0 bridgehead atoms. The highest BCUT2D eigenvalue weighted by Crippen LogP contribution is 2.19. The second-order valence-corrected chi connectivity index (χ2v) is 4.58. The van der Waals surface area contributed by atoms with Crippen molar-refractivity contribution in [2.75, 3.05) is 19.8 Å². The minimum atomic E-state index is 0.196. The summed E-state index contributed by atoms with van der Waals surface area (Å²) in [5.74, 6) is 0.239. The minimum absolute atomic E-state index is 0.196. The molecule has 17 heavy (non-hydrogen) atoms. The van der Waals surface area contributed by atoms with Gasteiger partial charge in [-0.1, -0.05) is 30.3 Å². The number of aliphatic hydroxyl groups excluding tert-OH is 1. The molecule has 0 aromatic heterocycles. The van der Waals surface area contributed by atoms with Crippen LogP contribution in [0.25, 0.3) is 0 Å². The van der Waals surface area contributed by atoms with Gasteiger partial charge in [-0.15, -0.1) is 0 Å². The summed E-state index contributed by atoms with van der Waals surface area (Å²) < 4.78 is 10.8. The molecule has 1 N–H and O–H groups in total. The van der Waals surface area contributed by atoms with Gasteiger partial charge in [0.15, 0.2) is 0 Å². The topological polar surface area (TPSA) is 42.0 Å². The molecule has 0 saturated carbocycles. The Kier molecular flexibility index (Phi) is 4.98. The van der Waals surface area contributed by atoms with Crippen molar-refractivity contribution in [2.45, 2.75) is 25.6 Å². The lowest BCUT2D eigenvalue weighted by molar-refractivity contribution is 0.0580. The van der Waals surface area contributed by atoms with Crippen LogP contribution >= 0.6 is 0 Å². The summed E-state index contributed by atoms with van der Waals surface area (Å²) >= 11 is 0. The standard InChI is InChI=1S/C14H20O3/c15-8-13(6-7-14-11-17-14)10-16-9-12-4-2-1-3-5-12/h1-5,13-15H,6-11H2. The van der Waals surface area contributed by atoms with Crippen molar-refractivity contribution in [3.8, 4) is 0 Å². The Bertz CT molecular complexity index is 309. The third kappa shape index (κ3) is 4.86. The predicted molar refractivity (Wildman–Crippen MR) is 65.6 cm³/mol. The number of hydrogen-bond donors (Lipinski definition) is 1. The summed E-state index contributed by atoms with van der Waals surface area (Å²) in [6.07, 6.45) is 2.47. The number of hydrogen-bond acceptors (Lipinski definition) is 3. The van der Waals surface area contributed by atoms with Crippen LogP contribution in [0.1, 0.15) is 18.4 Å². The average Bonchev–Trinajstić information content (AvgIpc) is 3.19. The zero-order valence-corrected chi connectivity index (χ0v) is 10.0. The van der Waals surface area contributed by atoms with Crippen LogP contribution in [-0.4, -0.2) is 31.0 Å². The lowest BCUT2D eigenvalue weighted by Crippen LogP contribution is -2.14. The van der Waals surface area contributed by atoms with Crippen LogP contribution in [0.3, 0.4) is 0 Å². The first-order valence-electron chi connectivity index (χ1n) is 6.22. The molecule has 0 spiro atoms. The average molecular weight is 236 g/mol. The summed E-state index contributed by atoms with van der Waals surface area (Å²) in [4.78, 5) is 0. The number of ether oxygens (including phenoxy) is 2. The lowest BCUT2D eigenvalue weighted by atomic mass is 10.0. The summed E-state index contributed by atoms with van der Waals surface area (Å²) in [5, 5.41) is 9.24. The van der Waals surface area contributed by atoms with Crippen molar-refractivity contribution in [2.24, 2.45) is 5.92 Å². The molecule has 3 heteroatoms. The van der Waals surface area contributed by atoms with Gasteiger partial charge in [0.1, 0.15) is 0 Å². The molecular formula is C14H20O3. The van der Waals surface area contributed by atoms with Gasteiger partial charge in [0, 0.05) is 12.5 Å². The molecule has 0 amide bonds. The molecule has 1 saturated heterocycles. The van der Waals surface area contributed by atoms with Crippen LogP contribution in [0, 0.1) is 5.92 Å². The van der Waals surface area contributed by atoms with Crippen LogP contribution < -0.4 is 0 Å². The van der Waals surface area contributed by atoms with Crippen LogP contribution in [0.15, 0.2) is 30.3 Å². The van der Waals surface area contributed by atoms with E-state index in [1.54, 1.807) is 0 Å². The summed E-state index contributed by atoms with van der Waals surface area (Å²) in [6.45, 7) is 2.33. The largest absolute Gasteiger partial charge is 0.396 e. The van der Waals surface area contributed by atoms with E-state index in [-0.39, 0.29) is 12.5 Å². The summed E-state index contributed by atoms with van der Waals surface area (Å²) in [7, 11) is 0. The van der Waals surface area contributed by atoms with Crippen molar-refractivity contribution < 1.29 is 14.6 Å². The van der Waals surface area contributed by atoms with Crippen LogP contribution in [0.2, 0.25) is 0 Å². The first-order chi connectivity index (χ1) is 8.38. The van der Waals surface area contributed by atoms with E-state index < -0.39 is 0 Å². The van der Waals surface area contributed by atoms with Crippen molar-refractivity contribution in [1.29, 1.82) is 0 Å². The van der Waals surface area contributed by atoms with Gasteiger partial charge in [-0.25, -0.2) is 0 Å². The second kappa shape index (κ2) is 6.74. The molecule has 1 aliphatic heterocycles. The molecule has 2 rings (SSSR count). The van der Waals surface area contributed by atoms with E-state index in [0.29, 0.717) is 19.3 Å². The van der Waals surface area contributed by atoms with E-state index in [2.05, 4.69) is 0 Å². The highest BCUT2D eigenvalue weighted by molar-refractivity contribution is 5.13. The zero-order valence-electron chi connectivity index (χ0n) is 10.0. The fraction of sp³-hybridized carbons (Fsp3) is 0.571. The molecule has 0 radical (unpaired) electrons. The number of epoxide rings is 1. The maximum absolute atomic E-state index is 9.24. The quantitative estimate of drug-likeness (QED) is 0.702. The van der Waals surface area contributed by atoms with Crippen molar-refractivity contribution >= 4 is 0 Å². The smallest absolute Gasteiger partial charge is 0.0810 e. The predicted octanol–water partition coefficient (Wildman–Crippen LogP) is 1.99.